The number of aromatic nitrogens is 2. The summed E-state index contributed by atoms with van der Waals surface area (Å²) in [5.41, 5.74) is 1.15. The summed E-state index contributed by atoms with van der Waals surface area (Å²) in [6, 6.07) is 6.29. The van der Waals surface area contributed by atoms with Crippen LogP contribution in [0, 0.1) is 0 Å². The maximum Gasteiger partial charge on any atom is 0.253 e. The number of hydrogen-bond acceptors (Lipinski definition) is 8. The molecule has 2 aromatic heterocycles. The van der Waals surface area contributed by atoms with Gasteiger partial charge in [0.25, 0.3) is 5.91 Å². The van der Waals surface area contributed by atoms with Crippen molar-refractivity contribution in [1.82, 2.24) is 19.8 Å². The number of rotatable bonds is 6. The highest BCUT2D eigenvalue weighted by Gasteiger charge is 2.32. The molecule has 0 aliphatic carbocycles. The fourth-order valence-electron chi connectivity index (χ4n) is 3.36. The van der Waals surface area contributed by atoms with Gasteiger partial charge in [0.15, 0.2) is 0 Å². The van der Waals surface area contributed by atoms with Gasteiger partial charge < -0.3 is 14.1 Å². The van der Waals surface area contributed by atoms with Crippen LogP contribution in [-0.2, 0) is 10.0 Å². The molecule has 1 aliphatic heterocycles. The molecule has 4 rings (SSSR count). The minimum absolute atomic E-state index is 0.0624. The number of ether oxygens (including phenoxy) is 1. The van der Waals surface area contributed by atoms with Gasteiger partial charge in [-0.25, -0.2) is 13.1 Å². The van der Waals surface area contributed by atoms with Gasteiger partial charge in [0, 0.05) is 29.6 Å². The number of likely N-dealkylation sites (tertiary alicyclic amines) is 1. The van der Waals surface area contributed by atoms with Gasteiger partial charge in [-0.3, -0.25) is 4.79 Å². The van der Waals surface area contributed by atoms with Crippen molar-refractivity contribution in [3.05, 3.63) is 46.5 Å². The Kier molecular flexibility index (Phi) is 5.58. The van der Waals surface area contributed by atoms with Gasteiger partial charge in [0.1, 0.15) is 10.6 Å². The normalized spacial score (nSPS) is 16.7. The SMILES string of the molecule is CNS(=O)(=O)c1cc(C(=O)N2CC[C@H](c3nnc(-c4ccsc4)o3)C2)ccc1OC. The molecule has 3 aromatic rings. The van der Waals surface area contributed by atoms with Crippen LogP contribution in [0.5, 0.6) is 5.75 Å². The molecule has 1 fully saturated rings. The molecule has 0 unspecified atom stereocenters. The first kappa shape index (κ1) is 20.5. The maximum atomic E-state index is 13.0. The Labute approximate surface area is 177 Å². The van der Waals surface area contributed by atoms with Crippen LogP contribution in [0.1, 0.15) is 28.6 Å². The summed E-state index contributed by atoms with van der Waals surface area (Å²) in [4.78, 5) is 14.6. The van der Waals surface area contributed by atoms with E-state index < -0.39 is 10.0 Å². The molecule has 3 heterocycles. The minimum atomic E-state index is -3.77. The van der Waals surface area contributed by atoms with Crippen LogP contribution in [0.25, 0.3) is 11.5 Å². The van der Waals surface area contributed by atoms with E-state index in [0.717, 1.165) is 5.56 Å². The van der Waals surface area contributed by atoms with E-state index in [-0.39, 0.29) is 28.0 Å². The molecule has 1 N–H and O–H groups in total. The number of carbonyl (C=O) groups excluding carboxylic acids is 1. The lowest BCUT2D eigenvalue weighted by molar-refractivity contribution is 0.0789. The second-order valence-electron chi connectivity index (χ2n) is 6.77. The summed E-state index contributed by atoms with van der Waals surface area (Å²) in [6.45, 7) is 0.935. The Morgan fingerprint density at radius 3 is 2.87 bits per heavy atom. The predicted octanol–water partition coefficient (Wildman–Crippen LogP) is 2.34. The standard InChI is InChI=1S/C19H20N4O5S2/c1-20-30(25,26)16-9-12(3-4-15(16)27-2)19(24)23-7-5-13(10-23)17-21-22-18(28-17)14-6-8-29-11-14/h3-4,6,8-9,11,13,20H,5,7,10H2,1-2H3/t13-/m0/s1. The smallest absolute Gasteiger partial charge is 0.253 e. The predicted molar refractivity (Wildman–Crippen MR) is 110 cm³/mol. The number of nitrogens with zero attached hydrogens (tertiary/aromatic N) is 3. The Morgan fingerprint density at radius 1 is 1.33 bits per heavy atom. The van der Waals surface area contributed by atoms with Crippen molar-refractivity contribution < 1.29 is 22.4 Å². The summed E-state index contributed by atoms with van der Waals surface area (Å²) >= 11 is 1.55. The van der Waals surface area contributed by atoms with E-state index in [9.17, 15) is 13.2 Å². The molecule has 1 aromatic carbocycles. The van der Waals surface area contributed by atoms with Crippen molar-refractivity contribution in [2.75, 3.05) is 27.2 Å². The number of nitrogens with one attached hydrogen (secondary N) is 1. The van der Waals surface area contributed by atoms with Gasteiger partial charge in [-0.1, -0.05) is 0 Å². The van der Waals surface area contributed by atoms with E-state index in [0.29, 0.717) is 31.3 Å². The fourth-order valence-corrected chi connectivity index (χ4v) is 4.91. The zero-order valence-electron chi connectivity index (χ0n) is 16.4. The largest absolute Gasteiger partial charge is 0.495 e. The minimum Gasteiger partial charge on any atom is -0.495 e. The van der Waals surface area contributed by atoms with Gasteiger partial charge in [-0.15, -0.1) is 10.2 Å². The maximum absolute atomic E-state index is 13.0. The van der Waals surface area contributed by atoms with Crippen molar-refractivity contribution in [3.63, 3.8) is 0 Å². The lowest BCUT2D eigenvalue weighted by Gasteiger charge is -2.17. The van der Waals surface area contributed by atoms with Crippen molar-refractivity contribution in [2.24, 2.45) is 0 Å². The molecule has 1 amide bonds. The summed E-state index contributed by atoms with van der Waals surface area (Å²) in [5.74, 6) is 0.817. The molecule has 1 saturated heterocycles. The molecule has 0 spiro atoms. The number of sulfonamides is 1. The molecule has 0 bridgehead atoms. The van der Waals surface area contributed by atoms with Gasteiger partial charge in [0.05, 0.1) is 13.0 Å². The highest BCUT2D eigenvalue weighted by molar-refractivity contribution is 7.89. The third-order valence-electron chi connectivity index (χ3n) is 5.00. The Morgan fingerprint density at radius 2 is 2.17 bits per heavy atom. The van der Waals surface area contributed by atoms with E-state index in [1.165, 1.54) is 26.3 Å². The molecule has 158 valence electrons. The Hall–Kier alpha value is -2.76. The molecule has 0 saturated carbocycles. The number of thiophene rings is 1. The van der Waals surface area contributed by atoms with Crippen LogP contribution in [0.2, 0.25) is 0 Å². The highest BCUT2D eigenvalue weighted by atomic mass is 32.2. The van der Waals surface area contributed by atoms with Gasteiger partial charge in [-0.05, 0) is 43.1 Å². The zero-order valence-corrected chi connectivity index (χ0v) is 18.0. The summed E-state index contributed by atoms with van der Waals surface area (Å²) < 4.78 is 37.7. The van der Waals surface area contributed by atoms with Gasteiger partial charge >= 0.3 is 0 Å². The van der Waals surface area contributed by atoms with Crippen molar-refractivity contribution in [1.29, 1.82) is 0 Å². The first-order valence-corrected chi connectivity index (χ1v) is 11.6. The molecule has 1 aliphatic rings. The number of benzene rings is 1. The third-order valence-corrected chi connectivity index (χ3v) is 7.12. The Bertz CT molecular complexity index is 1160. The number of carbonyl (C=O) groups is 1. The first-order chi connectivity index (χ1) is 14.4. The van der Waals surface area contributed by atoms with E-state index in [2.05, 4.69) is 14.9 Å². The molecule has 0 radical (unpaired) electrons. The molecule has 1 atom stereocenters. The van der Waals surface area contributed by atoms with Crippen LogP contribution in [0.15, 0.2) is 44.3 Å². The third kappa shape index (κ3) is 3.83. The fraction of sp³-hybridized carbons (Fsp3) is 0.316. The molecular formula is C19H20N4O5S2. The molecule has 30 heavy (non-hydrogen) atoms. The molecule has 9 nitrogen and oxygen atoms in total. The average Bonchev–Trinajstić information content (AvgIpc) is 3.53. The van der Waals surface area contributed by atoms with Crippen LogP contribution in [-0.4, -0.2) is 56.7 Å². The summed E-state index contributed by atoms with van der Waals surface area (Å²) in [6.07, 6.45) is 0.689. The number of amides is 1. The Balaban J connectivity index is 1.52. The van der Waals surface area contributed by atoms with Crippen LogP contribution in [0.3, 0.4) is 0 Å². The zero-order chi connectivity index (χ0) is 21.3. The average molecular weight is 449 g/mol. The number of methoxy groups -OCH3 is 1. The van der Waals surface area contributed by atoms with Crippen LogP contribution < -0.4 is 9.46 Å². The topological polar surface area (TPSA) is 115 Å². The second kappa shape index (κ2) is 8.17. The van der Waals surface area contributed by atoms with Crippen LogP contribution in [0.4, 0.5) is 0 Å². The van der Waals surface area contributed by atoms with Gasteiger partial charge in [-0.2, -0.15) is 11.3 Å². The molecular weight excluding hydrogens is 428 g/mol. The van der Waals surface area contributed by atoms with E-state index in [4.69, 9.17) is 9.15 Å². The first-order valence-electron chi connectivity index (χ1n) is 9.19. The molecule has 11 heteroatoms. The van der Waals surface area contributed by atoms with Crippen molar-refractivity contribution in [3.8, 4) is 17.2 Å². The van der Waals surface area contributed by atoms with Crippen molar-refractivity contribution >= 4 is 27.3 Å². The lowest BCUT2D eigenvalue weighted by atomic mass is 10.1. The van der Waals surface area contributed by atoms with E-state index >= 15 is 0 Å². The summed E-state index contributed by atoms with van der Waals surface area (Å²) in [7, 11) is -1.08. The summed E-state index contributed by atoms with van der Waals surface area (Å²) in [5, 5.41) is 12.1. The number of hydrogen-bond donors (Lipinski definition) is 1. The van der Waals surface area contributed by atoms with Gasteiger partial charge in [0.2, 0.25) is 21.8 Å². The quantitative estimate of drug-likeness (QED) is 0.615. The van der Waals surface area contributed by atoms with Crippen LogP contribution >= 0.6 is 11.3 Å². The van der Waals surface area contributed by atoms with E-state index in [1.807, 2.05) is 16.8 Å². The highest BCUT2D eigenvalue weighted by Crippen LogP contribution is 2.31. The van der Waals surface area contributed by atoms with Crippen molar-refractivity contribution in [2.45, 2.75) is 17.2 Å². The lowest BCUT2D eigenvalue weighted by Crippen LogP contribution is -2.29. The second-order valence-corrected chi connectivity index (χ2v) is 9.40. The van der Waals surface area contributed by atoms with E-state index in [1.54, 1.807) is 22.3 Å². The monoisotopic (exact) mass is 448 g/mol.